The summed E-state index contributed by atoms with van der Waals surface area (Å²) < 4.78 is 5.27. The van der Waals surface area contributed by atoms with Gasteiger partial charge in [0.25, 0.3) is 0 Å². The second-order valence-electron chi connectivity index (χ2n) is 3.17. The third kappa shape index (κ3) is 1.93. The van der Waals surface area contributed by atoms with Crippen molar-refractivity contribution in [1.82, 2.24) is 4.98 Å². The molecule has 0 amide bonds. The van der Waals surface area contributed by atoms with E-state index in [1.54, 1.807) is 12.5 Å². The van der Waals surface area contributed by atoms with Gasteiger partial charge in [-0.1, -0.05) is 6.07 Å². The van der Waals surface area contributed by atoms with Gasteiger partial charge in [-0.05, 0) is 17.7 Å². The molecule has 72 valence electrons. The third-order valence-corrected chi connectivity index (χ3v) is 2.02. The molecular weight excluding hydrogens is 176 g/mol. The minimum Gasteiger partial charge on any atom is -0.449 e. The standard InChI is InChI=1S/C11H12N2O/c1-13(11-5-3-7-14-11)9-10-4-2-6-12-8-10/h2-8H,9H2,1H3. The number of nitrogens with zero attached hydrogens (tertiary/aromatic N) is 2. The van der Waals surface area contributed by atoms with E-state index in [4.69, 9.17) is 4.42 Å². The van der Waals surface area contributed by atoms with E-state index in [2.05, 4.69) is 4.98 Å². The second kappa shape index (κ2) is 3.96. The van der Waals surface area contributed by atoms with Crippen molar-refractivity contribution < 1.29 is 4.42 Å². The Morgan fingerprint density at radius 3 is 2.93 bits per heavy atom. The maximum Gasteiger partial charge on any atom is 0.195 e. The number of aromatic nitrogens is 1. The molecule has 2 aromatic rings. The van der Waals surface area contributed by atoms with Crippen LogP contribution in [-0.2, 0) is 6.54 Å². The molecular formula is C11H12N2O. The summed E-state index contributed by atoms with van der Waals surface area (Å²) in [7, 11) is 1.99. The molecule has 2 aromatic heterocycles. The van der Waals surface area contributed by atoms with Crippen molar-refractivity contribution >= 4 is 5.88 Å². The van der Waals surface area contributed by atoms with Crippen molar-refractivity contribution in [3.8, 4) is 0 Å². The van der Waals surface area contributed by atoms with E-state index in [-0.39, 0.29) is 0 Å². The zero-order chi connectivity index (χ0) is 9.80. The molecule has 0 aromatic carbocycles. The van der Waals surface area contributed by atoms with Crippen LogP contribution in [0.15, 0.2) is 47.3 Å². The zero-order valence-corrected chi connectivity index (χ0v) is 8.05. The van der Waals surface area contributed by atoms with Gasteiger partial charge in [0.05, 0.1) is 6.26 Å². The van der Waals surface area contributed by atoms with Crippen molar-refractivity contribution in [3.63, 3.8) is 0 Å². The highest BCUT2D eigenvalue weighted by atomic mass is 16.3. The molecule has 0 unspecified atom stereocenters. The van der Waals surface area contributed by atoms with Gasteiger partial charge in [-0.3, -0.25) is 4.98 Å². The van der Waals surface area contributed by atoms with E-state index < -0.39 is 0 Å². The van der Waals surface area contributed by atoms with E-state index in [0.717, 1.165) is 12.4 Å². The Bertz CT molecular complexity index is 369. The van der Waals surface area contributed by atoms with Crippen LogP contribution in [0.4, 0.5) is 5.88 Å². The fraction of sp³-hybridized carbons (Fsp3) is 0.182. The maximum absolute atomic E-state index is 5.27. The van der Waals surface area contributed by atoms with E-state index >= 15 is 0 Å². The lowest BCUT2D eigenvalue weighted by molar-refractivity contribution is 0.554. The summed E-state index contributed by atoms with van der Waals surface area (Å²) in [5, 5.41) is 0. The Morgan fingerprint density at radius 1 is 1.36 bits per heavy atom. The maximum atomic E-state index is 5.27. The topological polar surface area (TPSA) is 29.3 Å². The molecule has 0 bridgehead atoms. The molecule has 0 spiro atoms. The number of anilines is 1. The predicted molar refractivity (Wildman–Crippen MR) is 55.1 cm³/mol. The molecule has 0 radical (unpaired) electrons. The highest BCUT2D eigenvalue weighted by molar-refractivity contribution is 5.34. The summed E-state index contributed by atoms with van der Waals surface area (Å²) in [5.41, 5.74) is 1.17. The van der Waals surface area contributed by atoms with E-state index in [1.165, 1.54) is 5.56 Å². The molecule has 0 aliphatic rings. The van der Waals surface area contributed by atoms with Gasteiger partial charge >= 0.3 is 0 Å². The van der Waals surface area contributed by atoms with Crippen LogP contribution in [0, 0.1) is 0 Å². The highest BCUT2D eigenvalue weighted by Crippen LogP contribution is 2.14. The van der Waals surface area contributed by atoms with Gasteiger partial charge in [-0.15, -0.1) is 0 Å². The number of furan rings is 1. The van der Waals surface area contributed by atoms with Crippen LogP contribution in [0.25, 0.3) is 0 Å². The van der Waals surface area contributed by atoms with Gasteiger partial charge in [-0.2, -0.15) is 0 Å². The van der Waals surface area contributed by atoms with Gasteiger partial charge < -0.3 is 9.32 Å². The summed E-state index contributed by atoms with van der Waals surface area (Å²) >= 11 is 0. The largest absolute Gasteiger partial charge is 0.449 e. The van der Waals surface area contributed by atoms with Gasteiger partial charge in [-0.25, -0.2) is 0 Å². The zero-order valence-electron chi connectivity index (χ0n) is 8.05. The van der Waals surface area contributed by atoms with Crippen molar-refractivity contribution in [1.29, 1.82) is 0 Å². The smallest absolute Gasteiger partial charge is 0.195 e. The van der Waals surface area contributed by atoms with Gasteiger partial charge in [0.1, 0.15) is 0 Å². The minimum absolute atomic E-state index is 0.807. The lowest BCUT2D eigenvalue weighted by atomic mass is 10.3. The minimum atomic E-state index is 0.807. The summed E-state index contributed by atoms with van der Waals surface area (Å²) in [5.74, 6) is 0.869. The van der Waals surface area contributed by atoms with Crippen LogP contribution in [0.5, 0.6) is 0 Å². The third-order valence-electron chi connectivity index (χ3n) is 2.02. The van der Waals surface area contributed by atoms with E-state index in [1.807, 2.05) is 42.4 Å². The quantitative estimate of drug-likeness (QED) is 0.740. The molecule has 0 fully saturated rings. The lowest BCUT2D eigenvalue weighted by Gasteiger charge is -2.15. The number of hydrogen-bond donors (Lipinski definition) is 0. The first-order valence-corrected chi connectivity index (χ1v) is 4.50. The molecule has 3 nitrogen and oxygen atoms in total. The Labute approximate surface area is 83.0 Å². The Balaban J connectivity index is 2.06. The molecule has 0 saturated heterocycles. The fourth-order valence-electron chi connectivity index (χ4n) is 1.33. The van der Waals surface area contributed by atoms with E-state index in [9.17, 15) is 0 Å². The number of pyridine rings is 1. The average molecular weight is 188 g/mol. The molecule has 0 aliphatic heterocycles. The first-order valence-electron chi connectivity index (χ1n) is 4.50. The normalized spacial score (nSPS) is 10.1. The summed E-state index contributed by atoms with van der Waals surface area (Å²) in [6.45, 7) is 0.807. The van der Waals surface area contributed by atoms with Crippen LogP contribution < -0.4 is 4.90 Å². The summed E-state index contributed by atoms with van der Waals surface area (Å²) in [6.07, 6.45) is 5.31. The molecule has 14 heavy (non-hydrogen) atoms. The molecule has 2 heterocycles. The Morgan fingerprint density at radius 2 is 2.29 bits per heavy atom. The van der Waals surface area contributed by atoms with Crippen molar-refractivity contribution in [2.24, 2.45) is 0 Å². The molecule has 0 aliphatic carbocycles. The van der Waals surface area contributed by atoms with Crippen LogP contribution in [0.3, 0.4) is 0 Å². The first kappa shape index (κ1) is 8.81. The Hall–Kier alpha value is -1.77. The number of rotatable bonds is 3. The summed E-state index contributed by atoms with van der Waals surface area (Å²) in [6, 6.07) is 7.81. The van der Waals surface area contributed by atoms with Crippen LogP contribution in [0.2, 0.25) is 0 Å². The van der Waals surface area contributed by atoms with Crippen molar-refractivity contribution in [3.05, 3.63) is 48.5 Å². The fourth-order valence-corrected chi connectivity index (χ4v) is 1.33. The SMILES string of the molecule is CN(Cc1cccnc1)c1ccco1. The first-order chi connectivity index (χ1) is 6.86. The van der Waals surface area contributed by atoms with Crippen molar-refractivity contribution in [2.75, 3.05) is 11.9 Å². The second-order valence-corrected chi connectivity index (χ2v) is 3.17. The Kier molecular flexibility index (Phi) is 2.49. The van der Waals surface area contributed by atoms with Gasteiger partial charge in [0, 0.05) is 32.1 Å². The molecule has 0 atom stereocenters. The predicted octanol–water partition coefficient (Wildman–Crippen LogP) is 2.31. The lowest BCUT2D eigenvalue weighted by Crippen LogP contribution is -2.15. The molecule has 0 saturated carbocycles. The van der Waals surface area contributed by atoms with Crippen LogP contribution in [-0.4, -0.2) is 12.0 Å². The van der Waals surface area contributed by atoms with Gasteiger partial charge in [0.15, 0.2) is 5.88 Å². The van der Waals surface area contributed by atoms with Gasteiger partial charge in [0.2, 0.25) is 0 Å². The van der Waals surface area contributed by atoms with Crippen molar-refractivity contribution in [2.45, 2.75) is 6.54 Å². The monoisotopic (exact) mass is 188 g/mol. The molecule has 2 rings (SSSR count). The highest BCUT2D eigenvalue weighted by Gasteiger charge is 2.03. The summed E-state index contributed by atoms with van der Waals surface area (Å²) in [4.78, 5) is 6.10. The van der Waals surface area contributed by atoms with Crippen LogP contribution in [0.1, 0.15) is 5.56 Å². The number of hydrogen-bond acceptors (Lipinski definition) is 3. The molecule has 0 N–H and O–H groups in total. The van der Waals surface area contributed by atoms with Crippen LogP contribution >= 0.6 is 0 Å². The van der Waals surface area contributed by atoms with E-state index in [0.29, 0.717) is 0 Å². The average Bonchev–Trinajstić information content (AvgIpc) is 2.72. The molecule has 3 heteroatoms.